The van der Waals surface area contributed by atoms with Crippen molar-refractivity contribution in [1.29, 1.82) is 0 Å². The molecule has 4 aromatic rings. The monoisotopic (exact) mass is 534 g/mol. The molecule has 11 heteroatoms. The number of nitrogens with zero attached hydrogens (tertiary/aromatic N) is 3. The Kier molecular flexibility index (Phi) is 6.52. The third kappa shape index (κ3) is 4.60. The molecule has 194 valence electrons. The molecule has 2 aromatic carbocycles. The number of benzene rings is 2. The standard InChI is InChI=1S/C25H27FN4O4S2.2H2/c1-17(30-13-9-20-21(26)3-2-4-22(20)30)23(31)29-14-10-25(32,11-15-29)18-5-7-19(8-6-18)36(33,34)28-24-27-12-16-35-24;;/h2-9,12-13,16-17,32-34H,10-11,14-15H2,1H3,(H,27,28);2*1H/t17-;;/m1../s1. The van der Waals surface area contributed by atoms with Crippen molar-refractivity contribution in [3.05, 3.63) is 77.7 Å². The average molecular weight is 535 g/mol. The Hall–Kier alpha value is -2.96. The molecular formula is C25H31FN4O4S2. The number of carbonyl (C=O) groups is 1. The summed E-state index contributed by atoms with van der Waals surface area (Å²) >= 11 is 1.26. The van der Waals surface area contributed by atoms with E-state index in [1.54, 1.807) is 76.6 Å². The highest BCUT2D eigenvalue weighted by Gasteiger charge is 2.37. The zero-order valence-electron chi connectivity index (χ0n) is 19.5. The summed E-state index contributed by atoms with van der Waals surface area (Å²) in [7, 11) is -3.28. The lowest BCUT2D eigenvalue weighted by atomic mass is 9.84. The fourth-order valence-electron chi connectivity index (χ4n) is 4.67. The molecule has 1 aliphatic heterocycles. The highest BCUT2D eigenvalue weighted by molar-refractivity contribution is 8.25. The summed E-state index contributed by atoms with van der Waals surface area (Å²) in [6.45, 7) is 2.54. The number of rotatable bonds is 6. The molecule has 5 rings (SSSR count). The molecule has 0 unspecified atom stereocenters. The number of hydrogen-bond acceptors (Lipinski definition) is 7. The Bertz CT molecular complexity index is 1380. The summed E-state index contributed by atoms with van der Waals surface area (Å²) in [5.41, 5.74) is 0.190. The van der Waals surface area contributed by atoms with Gasteiger partial charge in [-0.1, -0.05) is 29.0 Å². The minimum absolute atomic E-state index is 0. The Labute approximate surface area is 216 Å². The van der Waals surface area contributed by atoms with Gasteiger partial charge in [-0.2, -0.15) is 0 Å². The maximum absolute atomic E-state index is 14.1. The van der Waals surface area contributed by atoms with E-state index in [1.165, 1.54) is 17.4 Å². The predicted molar refractivity (Wildman–Crippen MR) is 144 cm³/mol. The van der Waals surface area contributed by atoms with Gasteiger partial charge >= 0.3 is 0 Å². The van der Waals surface area contributed by atoms with Gasteiger partial charge in [0.05, 0.1) is 16.0 Å². The van der Waals surface area contributed by atoms with Crippen LogP contribution in [-0.2, 0) is 10.4 Å². The number of nitrogens with one attached hydrogen (secondary N) is 1. The number of carbonyl (C=O) groups excluding carboxylic acids is 1. The van der Waals surface area contributed by atoms with Gasteiger partial charge in [0.2, 0.25) is 11.0 Å². The van der Waals surface area contributed by atoms with Gasteiger partial charge in [-0.15, -0.1) is 11.3 Å². The smallest absolute Gasteiger partial charge is 0.245 e. The molecule has 0 saturated carbocycles. The lowest BCUT2D eigenvalue weighted by Gasteiger charge is -2.40. The molecule has 2 aromatic heterocycles. The van der Waals surface area contributed by atoms with E-state index in [-0.39, 0.29) is 14.6 Å². The third-order valence-corrected chi connectivity index (χ3v) is 8.99. The van der Waals surface area contributed by atoms with Crippen LogP contribution in [0.15, 0.2) is 71.2 Å². The van der Waals surface area contributed by atoms with Gasteiger partial charge in [0, 0.05) is 39.1 Å². The van der Waals surface area contributed by atoms with Gasteiger partial charge in [0.1, 0.15) is 11.9 Å². The third-order valence-electron chi connectivity index (χ3n) is 6.77. The van der Waals surface area contributed by atoms with Crippen molar-refractivity contribution in [3.8, 4) is 0 Å². The van der Waals surface area contributed by atoms with Crippen LogP contribution in [0, 0.1) is 5.82 Å². The van der Waals surface area contributed by atoms with E-state index in [2.05, 4.69) is 9.71 Å². The molecule has 0 bridgehead atoms. The van der Waals surface area contributed by atoms with Crippen molar-refractivity contribution in [2.45, 2.75) is 36.3 Å². The number of aliphatic hydroxyl groups is 1. The number of aromatic nitrogens is 2. The molecule has 4 N–H and O–H groups in total. The first-order valence-corrected chi connectivity index (χ1v) is 13.9. The van der Waals surface area contributed by atoms with E-state index in [9.17, 15) is 23.4 Å². The van der Waals surface area contributed by atoms with Crippen molar-refractivity contribution >= 4 is 44.1 Å². The van der Waals surface area contributed by atoms with Crippen molar-refractivity contribution in [2.75, 3.05) is 17.8 Å². The summed E-state index contributed by atoms with van der Waals surface area (Å²) < 4.78 is 39.5. The molecule has 0 aliphatic carbocycles. The number of piperidine rings is 1. The number of fused-ring (bicyclic) bond motifs is 1. The topological polar surface area (TPSA) is 111 Å². The highest BCUT2D eigenvalue weighted by Crippen LogP contribution is 2.48. The van der Waals surface area contributed by atoms with Gasteiger partial charge in [-0.3, -0.25) is 18.6 Å². The van der Waals surface area contributed by atoms with Gasteiger partial charge in [-0.05, 0) is 55.7 Å². The van der Waals surface area contributed by atoms with E-state index in [1.807, 2.05) is 0 Å². The summed E-state index contributed by atoms with van der Waals surface area (Å²) in [5.74, 6) is -0.406. The maximum atomic E-state index is 14.1. The zero-order chi connectivity index (χ0) is 25.5. The summed E-state index contributed by atoms with van der Waals surface area (Å²) in [6, 6.07) is 12.5. The Balaban J connectivity index is 0.00000200. The molecule has 1 aliphatic rings. The van der Waals surface area contributed by atoms with Crippen LogP contribution in [0.5, 0.6) is 0 Å². The van der Waals surface area contributed by atoms with Crippen molar-refractivity contribution in [3.63, 3.8) is 0 Å². The Morgan fingerprint density at radius 2 is 1.92 bits per heavy atom. The quantitative estimate of drug-likeness (QED) is 0.244. The molecular weight excluding hydrogens is 503 g/mol. The van der Waals surface area contributed by atoms with Crippen LogP contribution in [0.25, 0.3) is 10.9 Å². The van der Waals surface area contributed by atoms with Crippen LogP contribution >= 0.6 is 22.1 Å². The summed E-state index contributed by atoms with van der Waals surface area (Å²) in [5, 5.41) is 13.9. The average Bonchev–Trinajstić information content (AvgIpc) is 3.54. The fourth-order valence-corrected chi connectivity index (χ4v) is 6.51. The number of amides is 1. The van der Waals surface area contributed by atoms with E-state index in [0.29, 0.717) is 52.4 Å². The van der Waals surface area contributed by atoms with Gasteiger partial charge in [-0.25, -0.2) is 9.37 Å². The lowest BCUT2D eigenvalue weighted by molar-refractivity contribution is -0.138. The number of hydrogen-bond donors (Lipinski definition) is 4. The normalized spacial score (nSPS) is 17.2. The number of halogens is 1. The molecule has 1 amide bonds. The number of anilines is 1. The second-order valence-corrected chi connectivity index (χ2v) is 11.6. The molecule has 36 heavy (non-hydrogen) atoms. The maximum Gasteiger partial charge on any atom is 0.245 e. The van der Waals surface area contributed by atoms with E-state index < -0.39 is 22.4 Å². The Morgan fingerprint density at radius 3 is 2.58 bits per heavy atom. The largest absolute Gasteiger partial charge is 0.385 e. The number of thiazole rings is 1. The van der Waals surface area contributed by atoms with Crippen molar-refractivity contribution in [2.24, 2.45) is 0 Å². The molecule has 3 heterocycles. The van der Waals surface area contributed by atoms with Crippen molar-refractivity contribution in [1.82, 2.24) is 14.5 Å². The Morgan fingerprint density at radius 1 is 1.19 bits per heavy atom. The second kappa shape index (κ2) is 9.49. The molecule has 1 saturated heterocycles. The lowest BCUT2D eigenvalue weighted by Crippen LogP contribution is -2.47. The fraction of sp³-hybridized carbons (Fsp3) is 0.280. The molecule has 0 spiro atoms. The van der Waals surface area contributed by atoms with E-state index >= 15 is 0 Å². The number of likely N-dealkylation sites (tertiary alicyclic amines) is 1. The molecule has 1 atom stereocenters. The summed E-state index contributed by atoms with van der Waals surface area (Å²) in [6.07, 6.45) is 3.99. The van der Waals surface area contributed by atoms with Gasteiger partial charge < -0.3 is 14.6 Å². The minimum Gasteiger partial charge on any atom is -0.385 e. The molecule has 1 fully saturated rings. The summed E-state index contributed by atoms with van der Waals surface area (Å²) in [4.78, 5) is 19.3. The first kappa shape index (κ1) is 24.7. The molecule has 8 nitrogen and oxygen atoms in total. The van der Waals surface area contributed by atoms with Crippen LogP contribution in [-0.4, -0.2) is 47.7 Å². The predicted octanol–water partition coefficient (Wildman–Crippen LogP) is 5.94. The van der Waals surface area contributed by atoms with Crippen LogP contribution < -0.4 is 4.72 Å². The van der Waals surface area contributed by atoms with Crippen LogP contribution in [0.4, 0.5) is 9.52 Å². The molecule has 0 radical (unpaired) electrons. The van der Waals surface area contributed by atoms with Crippen LogP contribution in [0.2, 0.25) is 0 Å². The second-order valence-electron chi connectivity index (χ2n) is 8.94. The van der Waals surface area contributed by atoms with Gasteiger partial charge in [0.15, 0.2) is 0 Å². The van der Waals surface area contributed by atoms with Crippen LogP contribution in [0.3, 0.4) is 0 Å². The zero-order valence-corrected chi connectivity index (χ0v) is 21.2. The minimum atomic E-state index is -3.28. The van der Waals surface area contributed by atoms with Gasteiger partial charge in [0.25, 0.3) is 0 Å². The first-order chi connectivity index (χ1) is 17.2. The van der Waals surface area contributed by atoms with Crippen LogP contribution in [0.1, 0.15) is 34.2 Å². The van der Waals surface area contributed by atoms with E-state index in [0.717, 1.165) is 0 Å². The first-order valence-electron chi connectivity index (χ1n) is 11.5. The van der Waals surface area contributed by atoms with Crippen molar-refractivity contribution < 1.29 is 26.3 Å². The highest BCUT2D eigenvalue weighted by atomic mass is 32.3. The van der Waals surface area contributed by atoms with E-state index in [4.69, 9.17) is 0 Å². The SMILES string of the molecule is C[C@H](C(=O)N1CCC(O)(c2ccc(S(O)(O)Nc3nccs3)cc2)CC1)n1ccc2c(F)cccc21.[HH].[HH].